The fourth-order valence-electron chi connectivity index (χ4n) is 1.70. The Labute approximate surface area is 130 Å². The highest BCUT2D eigenvalue weighted by Gasteiger charge is 2.11. The summed E-state index contributed by atoms with van der Waals surface area (Å²) >= 11 is 5.03. The molecule has 0 spiro atoms. The number of rotatable bonds is 6. The Bertz CT molecular complexity index is 585. The van der Waals surface area contributed by atoms with E-state index < -0.39 is 0 Å². The summed E-state index contributed by atoms with van der Waals surface area (Å²) in [5.41, 5.74) is 1.41. The van der Waals surface area contributed by atoms with E-state index in [2.05, 4.69) is 38.5 Å². The van der Waals surface area contributed by atoms with Crippen LogP contribution in [0.4, 0.5) is 5.69 Å². The second-order valence-corrected chi connectivity index (χ2v) is 6.78. The molecule has 20 heavy (non-hydrogen) atoms. The van der Waals surface area contributed by atoms with Crippen LogP contribution in [-0.4, -0.2) is 17.4 Å². The molecule has 0 radical (unpaired) electrons. The van der Waals surface area contributed by atoms with E-state index in [0.717, 1.165) is 27.3 Å². The Balaban J connectivity index is 2.01. The number of carbonyl (C=O) groups excluding carboxylic acids is 1. The summed E-state index contributed by atoms with van der Waals surface area (Å²) in [6, 6.07) is 5.71. The maximum absolute atomic E-state index is 12.2. The van der Waals surface area contributed by atoms with Crippen molar-refractivity contribution in [2.75, 3.05) is 11.9 Å². The maximum Gasteiger partial charge on any atom is 0.253 e. The van der Waals surface area contributed by atoms with Gasteiger partial charge in [-0.05, 0) is 40.5 Å². The van der Waals surface area contributed by atoms with Gasteiger partial charge in [0.05, 0.1) is 27.8 Å². The van der Waals surface area contributed by atoms with Crippen molar-refractivity contribution in [3.05, 3.63) is 44.8 Å². The number of pyridine rings is 1. The first-order valence-corrected chi connectivity index (χ1v) is 8.02. The zero-order chi connectivity index (χ0) is 14.4. The van der Waals surface area contributed by atoms with Gasteiger partial charge in [-0.15, -0.1) is 11.3 Å². The van der Waals surface area contributed by atoms with E-state index in [1.165, 1.54) is 0 Å². The van der Waals surface area contributed by atoms with Crippen LogP contribution < -0.4 is 10.6 Å². The molecule has 0 atom stereocenters. The minimum atomic E-state index is -0.0875. The number of hydrogen-bond acceptors (Lipinski definition) is 4. The molecule has 0 bridgehead atoms. The first kappa shape index (κ1) is 15.0. The fraction of sp³-hybridized carbons (Fsp3) is 0.286. The summed E-state index contributed by atoms with van der Waals surface area (Å²) in [6.45, 7) is 3.44. The van der Waals surface area contributed by atoms with Crippen molar-refractivity contribution in [3.63, 3.8) is 0 Å². The van der Waals surface area contributed by atoms with Gasteiger partial charge in [-0.1, -0.05) is 6.92 Å². The molecule has 2 heterocycles. The van der Waals surface area contributed by atoms with Crippen LogP contribution in [0.5, 0.6) is 0 Å². The van der Waals surface area contributed by atoms with Gasteiger partial charge in [0.15, 0.2) is 0 Å². The number of amides is 1. The molecule has 2 N–H and O–H groups in total. The van der Waals surface area contributed by atoms with Gasteiger partial charge in [-0.3, -0.25) is 9.78 Å². The number of carbonyl (C=O) groups is 1. The topological polar surface area (TPSA) is 54.0 Å². The van der Waals surface area contributed by atoms with Crippen LogP contribution in [0.25, 0.3) is 0 Å². The SMILES string of the molecule is CCCNc1cnccc1C(=O)NCc1ccc(Br)s1. The molecular weight excluding hydrogens is 338 g/mol. The molecule has 2 aromatic heterocycles. The summed E-state index contributed by atoms with van der Waals surface area (Å²) in [7, 11) is 0. The van der Waals surface area contributed by atoms with Crippen molar-refractivity contribution in [2.24, 2.45) is 0 Å². The number of hydrogen-bond donors (Lipinski definition) is 2. The van der Waals surface area contributed by atoms with Crippen LogP contribution in [0, 0.1) is 0 Å². The van der Waals surface area contributed by atoms with Crippen LogP contribution in [0.1, 0.15) is 28.6 Å². The van der Waals surface area contributed by atoms with E-state index in [1.54, 1.807) is 29.8 Å². The molecule has 0 aliphatic rings. The van der Waals surface area contributed by atoms with E-state index in [-0.39, 0.29) is 5.91 Å². The van der Waals surface area contributed by atoms with E-state index in [1.807, 2.05) is 12.1 Å². The molecule has 2 rings (SSSR count). The standard InChI is InChI=1S/C14H16BrN3OS/c1-2-6-17-12-9-16-7-5-11(12)14(19)18-8-10-3-4-13(15)20-10/h3-5,7,9,17H,2,6,8H2,1H3,(H,18,19). The van der Waals surface area contributed by atoms with Gasteiger partial charge in [0.25, 0.3) is 5.91 Å². The van der Waals surface area contributed by atoms with Crippen molar-refractivity contribution in [1.82, 2.24) is 10.3 Å². The van der Waals surface area contributed by atoms with Crippen molar-refractivity contribution >= 4 is 38.9 Å². The summed E-state index contributed by atoms with van der Waals surface area (Å²) in [5, 5.41) is 6.15. The van der Waals surface area contributed by atoms with Gasteiger partial charge >= 0.3 is 0 Å². The lowest BCUT2D eigenvalue weighted by Crippen LogP contribution is -2.23. The van der Waals surface area contributed by atoms with Gasteiger partial charge < -0.3 is 10.6 Å². The van der Waals surface area contributed by atoms with E-state index >= 15 is 0 Å². The van der Waals surface area contributed by atoms with Crippen molar-refractivity contribution in [3.8, 4) is 0 Å². The number of nitrogens with zero attached hydrogens (tertiary/aromatic N) is 1. The maximum atomic E-state index is 12.2. The third-order valence-corrected chi connectivity index (χ3v) is 4.31. The number of anilines is 1. The zero-order valence-corrected chi connectivity index (χ0v) is 13.6. The minimum absolute atomic E-state index is 0.0875. The lowest BCUT2D eigenvalue weighted by Gasteiger charge is -2.10. The Kier molecular flexibility index (Phi) is 5.55. The Morgan fingerprint density at radius 3 is 2.95 bits per heavy atom. The molecule has 0 aromatic carbocycles. The number of thiophene rings is 1. The molecule has 1 amide bonds. The van der Waals surface area contributed by atoms with Gasteiger partial charge in [0, 0.05) is 17.6 Å². The second kappa shape index (κ2) is 7.40. The molecule has 0 saturated carbocycles. The number of aromatic nitrogens is 1. The van der Waals surface area contributed by atoms with Crippen LogP contribution in [0.15, 0.2) is 34.4 Å². The van der Waals surface area contributed by atoms with E-state index in [0.29, 0.717) is 12.1 Å². The second-order valence-electron chi connectivity index (χ2n) is 4.24. The highest BCUT2D eigenvalue weighted by atomic mass is 79.9. The van der Waals surface area contributed by atoms with Gasteiger partial charge in [-0.2, -0.15) is 0 Å². The molecular formula is C14H16BrN3OS. The van der Waals surface area contributed by atoms with Crippen molar-refractivity contribution < 1.29 is 4.79 Å². The highest BCUT2D eigenvalue weighted by Crippen LogP contribution is 2.22. The highest BCUT2D eigenvalue weighted by molar-refractivity contribution is 9.11. The Hall–Kier alpha value is -1.40. The molecule has 106 valence electrons. The molecule has 0 saturated heterocycles. The van der Waals surface area contributed by atoms with Gasteiger partial charge in [0.1, 0.15) is 0 Å². The molecule has 0 unspecified atom stereocenters. The third-order valence-electron chi connectivity index (χ3n) is 2.68. The van der Waals surface area contributed by atoms with Crippen molar-refractivity contribution in [1.29, 1.82) is 0 Å². The smallest absolute Gasteiger partial charge is 0.253 e. The predicted molar refractivity (Wildman–Crippen MR) is 86.2 cm³/mol. The Morgan fingerprint density at radius 2 is 2.25 bits per heavy atom. The lowest BCUT2D eigenvalue weighted by atomic mass is 10.2. The van der Waals surface area contributed by atoms with Crippen LogP contribution in [-0.2, 0) is 6.54 Å². The predicted octanol–water partition coefficient (Wildman–Crippen LogP) is 3.66. The largest absolute Gasteiger partial charge is 0.383 e. The first-order valence-electron chi connectivity index (χ1n) is 6.41. The monoisotopic (exact) mass is 353 g/mol. The summed E-state index contributed by atoms with van der Waals surface area (Å²) in [6.07, 6.45) is 4.32. The van der Waals surface area contributed by atoms with Crippen LogP contribution in [0.2, 0.25) is 0 Å². The van der Waals surface area contributed by atoms with Gasteiger partial charge in [0.2, 0.25) is 0 Å². The zero-order valence-electron chi connectivity index (χ0n) is 11.1. The third kappa shape index (κ3) is 4.05. The number of halogens is 1. The molecule has 0 aliphatic heterocycles. The molecule has 0 aliphatic carbocycles. The normalized spacial score (nSPS) is 10.3. The average molecular weight is 354 g/mol. The van der Waals surface area contributed by atoms with E-state index in [4.69, 9.17) is 0 Å². The molecule has 0 fully saturated rings. The quantitative estimate of drug-likeness (QED) is 0.833. The lowest BCUT2D eigenvalue weighted by molar-refractivity contribution is 0.0952. The van der Waals surface area contributed by atoms with E-state index in [9.17, 15) is 4.79 Å². The van der Waals surface area contributed by atoms with Crippen LogP contribution >= 0.6 is 27.3 Å². The first-order chi connectivity index (χ1) is 9.70. The summed E-state index contributed by atoms with van der Waals surface area (Å²) < 4.78 is 1.07. The van der Waals surface area contributed by atoms with Crippen molar-refractivity contribution in [2.45, 2.75) is 19.9 Å². The average Bonchev–Trinajstić information content (AvgIpc) is 2.88. The van der Waals surface area contributed by atoms with Crippen LogP contribution in [0.3, 0.4) is 0 Å². The molecule has 4 nitrogen and oxygen atoms in total. The minimum Gasteiger partial charge on any atom is -0.383 e. The molecule has 6 heteroatoms. The Morgan fingerprint density at radius 1 is 1.40 bits per heavy atom. The summed E-state index contributed by atoms with van der Waals surface area (Å²) in [4.78, 5) is 17.4. The summed E-state index contributed by atoms with van der Waals surface area (Å²) in [5.74, 6) is -0.0875. The molecule has 2 aromatic rings. The van der Waals surface area contributed by atoms with Gasteiger partial charge in [-0.25, -0.2) is 0 Å². The number of nitrogens with one attached hydrogen (secondary N) is 2. The fourth-order valence-corrected chi connectivity index (χ4v) is 3.13.